The lowest BCUT2D eigenvalue weighted by molar-refractivity contribution is 0.162. The van der Waals surface area contributed by atoms with E-state index in [9.17, 15) is 5.11 Å². The summed E-state index contributed by atoms with van der Waals surface area (Å²) in [5.41, 5.74) is 2.06. The van der Waals surface area contributed by atoms with Crippen LogP contribution in [0, 0.1) is 13.8 Å². The van der Waals surface area contributed by atoms with Gasteiger partial charge in [0.15, 0.2) is 0 Å². The summed E-state index contributed by atoms with van der Waals surface area (Å²) < 4.78 is 5.16. The first-order valence-electron chi connectivity index (χ1n) is 5.94. The molecule has 0 spiro atoms. The third kappa shape index (κ3) is 3.06. The number of aryl methyl sites for hydroxylation is 2. The molecule has 1 aromatic heterocycles. The fraction of sp³-hybridized carbons (Fsp3) is 0.750. The molecule has 0 fully saturated rings. The number of hydrogen-bond donors (Lipinski definition) is 2. The van der Waals surface area contributed by atoms with E-state index in [1.54, 1.807) is 0 Å². The molecule has 0 aliphatic carbocycles. The highest BCUT2D eigenvalue weighted by Crippen LogP contribution is 2.23. The van der Waals surface area contributed by atoms with Crippen LogP contribution in [0.5, 0.6) is 0 Å². The maximum atomic E-state index is 9.54. The van der Waals surface area contributed by atoms with Crippen molar-refractivity contribution in [2.75, 3.05) is 6.54 Å². The van der Waals surface area contributed by atoms with E-state index >= 15 is 0 Å². The van der Waals surface area contributed by atoms with Gasteiger partial charge in [-0.1, -0.05) is 19.0 Å². The summed E-state index contributed by atoms with van der Waals surface area (Å²) in [5, 5.41) is 16.8. The molecule has 1 aromatic rings. The molecule has 0 aliphatic heterocycles. The molecule has 0 bridgehead atoms. The minimum atomic E-state index is -0.283. The Morgan fingerprint density at radius 3 is 2.44 bits per heavy atom. The third-order valence-electron chi connectivity index (χ3n) is 2.92. The van der Waals surface area contributed by atoms with Crippen molar-refractivity contribution in [2.24, 2.45) is 0 Å². The van der Waals surface area contributed by atoms with Crippen molar-refractivity contribution < 1.29 is 9.63 Å². The molecule has 0 radical (unpaired) electrons. The molecular weight excluding hydrogens is 204 g/mol. The topological polar surface area (TPSA) is 58.3 Å². The van der Waals surface area contributed by atoms with E-state index in [4.69, 9.17) is 4.52 Å². The van der Waals surface area contributed by atoms with E-state index in [0.717, 1.165) is 29.9 Å². The van der Waals surface area contributed by atoms with Crippen LogP contribution in [0.3, 0.4) is 0 Å². The molecule has 16 heavy (non-hydrogen) atoms. The zero-order chi connectivity index (χ0) is 12.1. The molecular formula is C12H22N2O2. The Labute approximate surface area is 97.0 Å². The van der Waals surface area contributed by atoms with Gasteiger partial charge in [0.1, 0.15) is 5.76 Å². The van der Waals surface area contributed by atoms with Gasteiger partial charge in [-0.25, -0.2) is 0 Å². The molecule has 0 aromatic carbocycles. The number of rotatable bonds is 6. The van der Waals surface area contributed by atoms with Crippen molar-refractivity contribution in [3.8, 4) is 0 Å². The highest BCUT2D eigenvalue weighted by atomic mass is 16.5. The number of hydrogen-bond acceptors (Lipinski definition) is 4. The van der Waals surface area contributed by atoms with Crippen LogP contribution in [-0.2, 0) is 0 Å². The summed E-state index contributed by atoms with van der Waals surface area (Å²) in [6, 6.07) is 0.215. The third-order valence-corrected chi connectivity index (χ3v) is 2.92. The molecule has 2 atom stereocenters. The van der Waals surface area contributed by atoms with Crippen LogP contribution in [0.25, 0.3) is 0 Å². The van der Waals surface area contributed by atoms with Gasteiger partial charge in [0.2, 0.25) is 0 Å². The summed E-state index contributed by atoms with van der Waals surface area (Å²) in [5.74, 6) is 0.864. The average Bonchev–Trinajstić information content (AvgIpc) is 2.61. The van der Waals surface area contributed by atoms with Crippen LogP contribution >= 0.6 is 0 Å². The normalized spacial score (nSPS) is 15.1. The largest absolute Gasteiger partial charge is 0.392 e. The van der Waals surface area contributed by atoms with Gasteiger partial charge in [0.05, 0.1) is 11.8 Å². The van der Waals surface area contributed by atoms with E-state index < -0.39 is 0 Å². The highest BCUT2D eigenvalue weighted by molar-refractivity contribution is 5.24. The number of nitrogens with one attached hydrogen (secondary N) is 1. The first-order valence-corrected chi connectivity index (χ1v) is 5.94. The summed E-state index contributed by atoms with van der Waals surface area (Å²) >= 11 is 0. The van der Waals surface area contributed by atoms with Gasteiger partial charge < -0.3 is 14.9 Å². The van der Waals surface area contributed by atoms with Gasteiger partial charge in [0.25, 0.3) is 0 Å². The molecule has 4 nitrogen and oxygen atoms in total. The summed E-state index contributed by atoms with van der Waals surface area (Å²) in [6.07, 6.45) is 1.44. The van der Waals surface area contributed by atoms with Crippen LogP contribution in [-0.4, -0.2) is 22.9 Å². The molecule has 0 saturated carbocycles. The lowest BCUT2D eigenvalue weighted by atomic mass is 10.0. The zero-order valence-electron chi connectivity index (χ0n) is 10.6. The Kier molecular flexibility index (Phi) is 4.96. The van der Waals surface area contributed by atoms with Crippen molar-refractivity contribution >= 4 is 0 Å². The van der Waals surface area contributed by atoms with E-state index in [0.29, 0.717) is 6.54 Å². The molecule has 0 aliphatic rings. The van der Waals surface area contributed by atoms with Crippen LogP contribution in [0.4, 0.5) is 0 Å². The highest BCUT2D eigenvalue weighted by Gasteiger charge is 2.18. The molecule has 92 valence electrons. The van der Waals surface area contributed by atoms with Crippen molar-refractivity contribution in [2.45, 2.75) is 52.7 Å². The maximum absolute atomic E-state index is 9.54. The first kappa shape index (κ1) is 13.2. The summed E-state index contributed by atoms with van der Waals surface area (Å²) in [6.45, 7) is 8.58. The lowest BCUT2D eigenvalue weighted by Gasteiger charge is -2.18. The second-order valence-corrected chi connectivity index (χ2v) is 4.17. The van der Waals surface area contributed by atoms with Crippen LogP contribution < -0.4 is 5.32 Å². The molecule has 0 unspecified atom stereocenters. The molecule has 2 N–H and O–H groups in total. The summed E-state index contributed by atoms with van der Waals surface area (Å²) in [4.78, 5) is 0. The number of aliphatic hydroxyl groups is 1. The Bertz CT molecular complexity index is 303. The minimum absolute atomic E-state index is 0.215. The van der Waals surface area contributed by atoms with Gasteiger partial charge in [-0.05, 0) is 26.7 Å². The van der Waals surface area contributed by atoms with Crippen molar-refractivity contribution in [3.63, 3.8) is 0 Å². The molecule has 1 rings (SSSR count). The average molecular weight is 226 g/mol. The van der Waals surface area contributed by atoms with E-state index in [2.05, 4.69) is 17.4 Å². The lowest BCUT2D eigenvalue weighted by Crippen LogP contribution is -2.30. The Morgan fingerprint density at radius 2 is 2.00 bits per heavy atom. The smallest absolute Gasteiger partial charge is 0.138 e. The second-order valence-electron chi connectivity index (χ2n) is 4.17. The predicted molar refractivity (Wildman–Crippen MR) is 63.3 cm³/mol. The van der Waals surface area contributed by atoms with Gasteiger partial charge in [-0.3, -0.25) is 0 Å². The number of nitrogens with zero attached hydrogens (tertiary/aromatic N) is 1. The van der Waals surface area contributed by atoms with Gasteiger partial charge in [0, 0.05) is 18.2 Å². The van der Waals surface area contributed by atoms with Gasteiger partial charge in [-0.2, -0.15) is 0 Å². The van der Waals surface area contributed by atoms with Gasteiger partial charge in [-0.15, -0.1) is 0 Å². The number of aromatic nitrogens is 1. The van der Waals surface area contributed by atoms with Crippen molar-refractivity contribution in [1.29, 1.82) is 0 Å². The predicted octanol–water partition coefficient (Wildman–Crippen LogP) is 2.10. The molecule has 0 saturated heterocycles. The van der Waals surface area contributed by atoms with Crippen LogP contribution in [0.2, 0.25) is 0 Å². The Hall–Kier alpha value is -0.870. The Morgan fingerprint density at radius 1 is 1.31 bits per heavy atom. The van der Waals surface area contributed by atoms with Crippen LogP contribution in [0.15, 0.2) is 4.52 Å². The standard InChI is InChI=1S/C12H22N2O2/c1-5-10(15)7-13-11(6-2)12-8(3)14-16-9(12)4/h10-11,13,15H,5-7H2,1-4H3/t10-,11-/m1/s1. The monoisotopic (exact) mass is 226 g/mol. The maximum Gasteiger partial charge on any atom is 0.138 e. The zero-order valence-corrected chi connectivity index (χ0v) is 10.6. The van der Waals surface area contributed by atoms with E-state index in [1.807, 2.05) is 20.8 Å². The molecule has 0 amide bonds. The van der Waals surface area contributed by atoms with E-state index in [-0.39, 0.29) is 12.1 Å². The van der Waals surface area contributed by atoms with E-state index in [1.165, 1.54) is 0 Å². The summed E-state index contributed by atoms with van der Waals surface area (Å²) in [7, 11) is 0. The fourth-order valence-corrected chi connectivity index (χ4v) is 1.86. The SMILES string of the molecule is CC[C@@H](O)CN[C@H](CC)c1c(C)noc1C. The second kappa shape index (κ2) is 6.01. The molecule has 4 heteroatoms. The van der Waals surface area contributed by atoms with Crippen molar-refractivity contribution in [1.82, 2.24) is 10.5 Å². The Balaban J connectivity index is 2.67. The van der Waals surface area contributed by atoms with Crippen molar-refractivity contribution in [3.05, 3.63) is 17.0 Å². The minimum Gasteiger partial charge on any atom is -0.392 e. The quantitative estimate of drug-likeness (QED) is 0.780. The molecule has 1 heterocycles. The van der Waals surface area contributed by atoms with Crippen LogP contribution in [0.1, 0.15) is 49.7 Å². The van der Waals surface area contributed by atoms with Gasteiger partial charge >= 0.3 is 0 Å². The fourth-order valence-electron chi connectivity index (χ4n) is 1.86. The first-order chi connectivity index (χ1) is 7.60. The number of aliphatic hydroxyl groups excluding tert-OH is 1.